The first-order chi connectivity index (χ1) is 10.1. The minimum absolute atomic E-state index is 0.247. The number of halogens is 1. The second-order valence-corrected chi connectivity index (χ2v) is 5.92. The van der Waals surface area contributed by atoms with Crippen LogP contribution in [0.1, 0.15) is 49.5 Å². The quantitative estimate of drug-likeness (QED) is 0.817. The van der Waals surface area contributed by atoms with E-state index in [1.165, 1.54) is 11.3 Å². The van der Waals surface area contributed by atoms with Crippen LogP contribution in [-0.2, 0) is 19.4 Å². The molecule has 0 amide bonds. The summed E-state index contributed by atoms with van der Waals surface area (Å²) in [5, 5.41) is 8.24. The molecule has 0 aliphatic heterocycles. The number of furan rings is 1. The van der Waals surface area contributed by atoms with Crippen molar-refractivity contribution in [2.75, 3.05) is 6.54 Å². The van der Waals surface area contributed by atoms with E-state index in [9.17, 15) is 0 Å². The van der Waals surface area contributed by atoms with Crippen LogP contribution in [-0.4, -0.2) is 16.3 Å². The molecule has 1 atom stereocenters. The molecule has 0 aromatic carbocycles. The van der Waals surface area contributed by atoms with Gasteiger partial charge >= 0.3 is 0 Å². The van der Waals surface area contributed by atoms with Crippen LogP contribution in [0.25, 0.3) is 0 Å². The van der Waals surface area contributed by atoms with Crippen molar-refractivity contribution < 1.29 is 4.42 Å². The van der Waals surface area contributed by atoms with Gasteiger partial charge in [0.15, 0.2) is 0 Å². The molecule has 0 fully saturated rings. The Labute approximate surface area is 135 Å². The monoisotopic (exact) mass is 353 g/mol. The molecular weight excluding hydrogens is 330 g/mol. The van der Waals surface area contributed by atoms with Crippen molar-refractivity contribution in [1.82, 2.24) is 15.1 Å². The molecule has 0 bridgehead atoms. The summed E-state index contributed by atoms with van der Waals surface area (Å²) in [6, 6.07) is 2.31. The van der Waals surface area contributed by atoms with E-state index in [1.54, 1.807) is 6.26 Å². The van der Waals surface area contributed by atoms with Gasteiger partial charge in [-0.3, -0.25) is 4.68 Å². The summed E-state index contributed by atoms with van der Waals surface area (Å²) in [6.45, 7) is 10.2. The van der Waals surface area contributed by atoms with E-state index in [-0.39, 0.29) is 6.04 Å². The fourth-order valence-corrected chi connectivity index (χ4v) is 3.43. The molecule has 1 N–H and O–H groups in total. The lowest BCUT2D eigenvalue weighted by molar-refractivity contribution is 0.488. The zero-order valence-electron chi connectivity index (χ0n) is 13.2. The van der Waals surface area contributed by atoms with Crippen LogP contribution in [0.5, 0.6) is 0 Å². The Kier molecular flexibility index (Phi) is 5.65. The number of hydrogen-bond acceptors (Lipinski definition) is 3. The van der Waals surface area contributed by atoms with E-state index in [4.69, 9.17) is 4.42 Å². The highest BCUT2D eigenvalue weighted by molar-refractivity contribution is 9.10. The maximum absolute atomic E-state index is 5.47. The normalized spacial score (nSPS) is 12.8. The second kappa shape index (κ2) is 7.27. The third-order valence-corrected chi connectivity index (χ3v) is 4.73. The van der Waals surface area contributed by atoms with Crippen LogP contribution in [0.2, 0.25) is 0 Å². The summed E-state index contributed by atoms with van der Waals surface area (Å²) in [7, 11) is 0. The number of aryl methyl sites for hydroxylation is 3. The Bertz CT molecular complexity index is 588. The number of nitrogens with one attached hydrogen (secondary N) is 1. The van der Waals surface area contributed by atoms with Crippen molar-refractivity contribution in [3.8, 4) is 0 Å². The molecule has 2 aromatic rings. The third-order valence-electron chi connectivity index (χ3n) is 3.82. The summed E-state index contributed by atoms with van der Waals surface area (Å²) in [4.78, 5) is 0. The first-order valence-corrected chi connectivity index (χ1v) is 8.42. The van der Waals surface area contributed by atoms with Crippen LogP contribution in [0.15, 0.2) is 21.2 Å². The topological polar surface area (TPSA) is 43.0 Å². The molecule has 0 aliphatic rings. The molecule has 2 heterocycles. The van der Waals surface area contributed by atoms with Crippen LogP contribution in [0, 0.1) is 6.92 Å². The maximum Gasteiger partial charge on any atom is 0.105 e. The van der Waals surface area contributed by atoms with Crippen molar-refractivity contribution in [2.24, 2.45) is 0 Å². The highest BCUT2D eigenvalue weighted by Gasteiger charge is 2.21. The maximum atomic E-state index is 5.47. The van der Waals surface area contributed by atoms with E-state index in [2.05, 4.69) is 57.9 Å². The van der Waals surface area contributed by atoms with Crippen molar-refractivity contribution in [3.05, 3.63) is 39.5 Å². The summed E-state index contributed by atoms with van der Waals surface area (Å²) < 4.78 is 8.72. The lowest BCUT2D eigenvalue weighted by Gasteiger charge is -2.18. The van der Waals surface area contributed by atoms with Crippen LogP contribution in [0.3, 0.4) is 0 Å². The minimum Gasteiger partial charge on any atom is -0.469 e. The number of rotatable bonds is 7. The Hall–Kier alpha value is -1.07. The number of likely N-dealkylation sites (N-methyl/N-ethyl adjacent to an activating group) is 1. The van der Waals surface area contributed by atoms with Gasteiger partial charge in [0.05, 0.1) is 22.1 Å². The Morgan fingerprint density at radius 3 is 2.67 bits per heavy atom. The molecule has 1 unspecified atom stereocenters. The van der Waals surface area contributed by atoms with Crippen LogP contribution in [0.4, 0.5) is 0 Å². The van der Waals surface area contributed by atoms with Gasteiger partial charge in [0.1, 0.15) is 5.76 Å². The van der Waals surface area contributed by atoms with E-state index < -0.39 is 0 Å². The molecule has 21 heavy (non-hydrogen) atoms. The predicted octanol–water partition coefficient (Wildman–Crippen LogP) is 4.02. The summed E-state index contributed by atoms with van der Waals surface area (Å²) in [6.07, 6.45) is 3.60. The van der Waals surface area contributed by atoms with Crippen molar-refractivity contribution in [3.63, 3.8) is 0 Å². The van der Waals surface area contributed by atoms with Crippen molar-refractivity contribution in [1.29, 1.82) is 0 Å². The van der Waals surface area contributed by atoms with Crippen molar-refractivity contribution in [2.45, 2.75) is 53.1 Å². The summed E-state index contributed by atoms with van der Waals surface area (Å²) in [5.74, 6) is 0.982. The zero-order chi connectivity index (χ0) is 15.4. The molecule has 5 heteroatoms. The highest BCUT2D eigenvalue weighted by Crippen LogP contribution is 2.29. The predicted molar refractivity (Wildman–Crippen MR) is 88.5 cm³/mol. The van der Waals surface area contributed by atoms with Gasteiger partial charge in [-0.15, -0.1) is 0 Å². The second-order valence-electron chi connectivity index (χ2n) is 5.12. The van der Waals surface area contributed by atoms with Gasteiger partial charge in [0, 0.05) is 24.6 Å². The molecule has 0 radical (unpaired) electrons. The third kappa shape index (κ3) is 3.40. The van der Waals surface area contributed by atoms with Gasteiger partial charge in [-0.05, 0) is 48.8 Å². The van der Waals surface area contributed by atoms with E-state index in [1.807, 2.05) is 6.92 Å². The number of aromatic nitrogens is 2. The smallest absolute Gasteiger partial charge is 0.105 e. The summed E-state index contributed by atoms with van der Waals surface area (Å²) in [5.41, 5.74) is 3.61. The largest absolute Gasteiger partial charge is 0.469 e. The van der Waals surface area contributed by atoms with Gasteiger partial charge in [0.2, 0.25) is 0 Å². The molecule has 0 spiro atoms. The fraction of sp³-hybridized carbons (Fsp3) is 0.562. The lowest BCUT2D eigenvalue weighted by Crippen LogP contribution is -2.24. The molecule has 2 rings (SSSR count). The van der Waals surface area contributed by atoms with E-state index in [0.29, 0.717) is 0 Å². The Morgan fingerprint density at radius 1 is 1.38 bits per heavy atom. The van der Waals surface area contributed by atoms with E-state index >= 15 is 0 Å². The molecule has 116 valence electrons. The Balaban J connectivity index is 2.33. The number of nitrogens with zero attached hydrogens (tertiary/aromatic N) is 2. The standard InChI is InChI=1S/C16H24BrN3O/c1-5-13-16(17)15(20(7-3)19-13)10-14(18-6-2)12-8-9-21-11(12)4/h8-9,14,18H,5-7,10H2,1-4H3. The SMILES string of the molecule is CCNC(Cc1c(Br)c(CC)nn1CC)c1ccoc1C. The van der Waals surface area contributed by atoms with Crippen LogP contribution < -0.4 is 5.32 Å². The molecular formula is C16H24BrN3O. The fourth-order valence-electron chi connectivity index (χ4n) is 2.70. The molecule has 0 saturated heterocycles. The zero-order valence-corrected chi connectivity index (χ0v) is 14.8. The van der Waals surface area contributed by atoms with Crippen LogP contribution >= 0.6 is 15.9 Å². The average molecular weight is 354 g/mol. The minimum atomic E-state index is 0.247. The van der Waals surface area contributed by atoms with Gasteiger partial charge in [-0.25, -0.2) is 0 Å². The van der Waals surface area contributed by atoms with Gasteiger partial charge in [-0.1, -0.05) is 13.8 Å². The lowest BCUT2D eigenvalue weighted by atomic mass is 10.0. The Morgan fingerprint density at radius 2 is 2.14 bits per heavy atom. The highest BCUT2D eigenvalue weighted by atomic mass is 79.9. The van der Waals surface area contributed by atoms with Gasteiger partial charge in [-0.2, -0.15) is 5.10 Å². The molecule has 2 aromatic heterocycles. The van der Waals surface area contributed by atoms with E-state index in [0.717, 1.165) is 41.9 Å². The average Bonchev–Trinajstić information content (AvgIpc) is 3.03. The summed E-state index contributed by atoms with van der Waals surface area (Å²) >= 11 is 3.73. The molecule has 0 saturated carbocycles. The molecule has 0 aliphatic carbocycles. The molecule has 4 nitrogen and oxygen atoms in total. The van der Waals surface area contributed by atoms with Crippen molar-refractivity contribution >= 4 is 15.9 Å². The van der Waals surface area contributed by atoms with Gasteiger partial charge < -0.3 is 9.73 Å². The van der Waals surface area contributed by atoms with Gasteiger partial charge in [0.25, 0.3) is 0 Å². The first kappa shape index (κ1) is 16.3. The number of hydrogen-bond donors (Lipinski definition) is 1. The first-order valence-electron chi connectivity index (χ1n) is 7.63.